The van der Waals surface area contributed by atoms with Crippen molar-refractivity contribution in [1.29, 1.82) is 0 Å². The molecule has 0 spiro atoms. The van der Waals surface area contributed by atoms with E-state index in [9.17, 15) is 4.79 Å². The fourth-order valence-electron chi connectivity index (χ4n) is 3.29. The average molecular weight is 359 g/mol. The highest BCUT2D eigenvalue weighted by molar-refractivity contribution is 5.93. The van der Waals surface area contributed by atoms with Crippen LogP contribution in [0, 0.1) is 13.8 Å². The van der Waals surface area contributed by atoms with Crippen LogP contribution in [0.1, 0.15) is 29.5 Å². The summed E-state index contributed by atoms with van der Waals surface area (Å²) in [6, 6.07) is 10.3. The van der Waals surface area contributed by atoms with Gasteiger partial charge in [0.15, 0.2) is 0 Å². The number of benzene rings is 1. The molecule has 0 unspecified atom stereocenters. The lowest BCUT2D eigenvalue weighted by molar-refractivity contribution is -0.140. The van der Waals surface area contributed by atoms with Gasteiger partial charge in [-0.25, -0.2) is 0 Å². The van der Waals surface area contributed by atoms with E-state index in [1.54, 1.807) is 6.20 Å². The lowest BCUT2D eigenvalue weighted by Crippen LogP contribution is -2.01. The molecule has 25 heavy (non-hydrogen) atoms. The molecular weight excluding hydrogens is 336 g/mol. The van der Waals surface area contributed by atoms with Crippen molar-refractivity contribution in [2.24, 2.45) is 0 Å². The number of H-pyrrole nitrogens is 1. The highest BCUT2D eigenvalue weighted by Crippen LogP contribution is 2.33. The number of pyridine rings is 1. The van der Waals surface area contributed by atoms with Crippen molar-refractivity contribution < 1.29 is 9.53 Å². The third-order valence-corrected chi connectivity index (χ3v) is 4.30. The summed E-state index contributed by atoms with van der Waals surface area (Å²) in [5.41, 5.74) is 6.81. The summed E-state index contributed by atoms with van der Waals surface area (Å²) in [6.07, 6.45) is 3.80. The molecule has 132 valence electrons. The monoisotopic (exact) mass is 358 g/mol. The van der Waals surface area contributed by atoms with Gasteiger partial charge in [-0.05, 0) is 61.6 Å². The Morgan fingerprint density at radius 3 is 2.72 bits per heavy atom. The van der Waals surface area contributed by atoms with Gasteiger partial charge in [-0.3, -0.25) is 9.78 Å². The van der Waals surface area contributed by atoms with Gasteiger partial charge < -0.3 is 9.72 Å². The quantitative estimate of drug-likeness (QED) is 0.669. The molecule has 0 saturated heterocycles. The van der Waals surface area contributed by atoms with Crippen LogP contribution in [0.15, 0.2) is 36.5 Å². The molecule has 0 radical (unpaired) electrons. The van der Waals surface area contributed by atoms with Crippen LogP contribution in [0.4, 0.5) is 0 Å². The first kappa shape index (κ1) is 19.0. The molecule has 0 fully saturated rings. The molecule has 2 aromatic heterocycles. The van der Waals surface area contributed by atoms with Crippen molar-refractivity contribution in [2.75, 3.05) is 7.11 Å². The largest absolute Gasteiger partial charge is 0.469 e. The first-order valence-electron chi connectivity index (χ1n) is 8.20. The van der Waals surface area contributed by atoms with Crippen LogP contribution in [-0.4, -0.2) is 23.0 Å². The van der Waals surface area contributed by atoms with Crippen molar-refractivity contribution in [3.63, 3.8) is 0 Å². The molecule has 0 aliphatic carbocycles. The minimum Gasteiger partial charge on any atom is -0.469 e. The minimum atomic E-state index is -0.165. The molecule has 5 heteroatoms. The van der Waals surface area contributed by atoms with Crippen molar-refractivity contribution in [2.45, 2.75) is 33.1 Å². The number of carbonyl (C=O) groups is 1. The van der Waals surface area contributed by atoms with Gasteiger partial charge in [-0.15, -0.1) is 12.4 Å². The number of nitrogens with zero attached hydrogens (tertiary/aromatic N) is 1. The SMILES string of the molecule is COC(=O)CCCc1c(-c2ccccn2)[nH]c2cc(C)cc(C)c12.Cl. The number of halogens is 1. The molecule has 2 heterocycles. The molecule has 0 saturated carbocycles. The zero-order valence-electron chi connectivity index (χ0n) is 14.8. The van der Waals surface area contributed by atoms with E-state index in [0.717, 1.165) is 29.7 Å². The molecule has 0 amide bonds. The number of hydrogen-bond donors (Lipinski definition) is 1. The number of hydrogen-bond acceptors (Lipinski definition) is 3. The number of aromatic nitrogens is 2. The predicted octanol–water partition coefficient (Wildman–Crippen LogP) is 4.76. The van der Waals surface area contributed by atoms with E-state index >= 15 is 0 Å². The summed E-state index contributed by atoms with van der Waals surface area (Å²) >= 11 is 0. The van der Waals surface area contributed by atoms with E-state index in [1.807, 2.05) is 18.2 Å². The van der Waals surface area contributed by atoms with Crippen molar-refractivity contribution in [3.05, 3.63) is 53.2 Å². The summed E-state index contributed by atoms with van der Waals surface area (Å²) in [5.74, 6) is -0.165. The van der Waals surface area contributed by atoms with Gasteiger partial charge in [0.05, 0.1) is 18.5 Å². The lowest BCUT2D eigenvalue weighted by atomic mass is 9.98. The normalized spacial score (nSPS) is 10.5. The second-order valence-electron chi connectivity index (χ2n) is 6.13. The van der Waals surface area contributed by atoms with E-state index in [2.05, 4.69) is 35.9 Å². The second-order valence-corrected chi connectivity index (χ2v) is 6.13. The Morgan fingerprint density at radius 2 is 2.04 bits per heavy atom. The van der Waals surface area contributed by atoms with E-state index in [1.165, 1.54) is 29.2 Å². The summed E-state index contributed by atoms with van der Waals surface area (Å²) < 4.78 is 4.75. The Balaban J connectivity index is 0.00000225. The molecule has 0 atom stereocenters. The van der Waals surface area contributed by atoms with Crippen LogP contribution in [0.25, 0.3) is 22.3 Å². The average Bonchev–Trinajstić information content (AvgIpc) is 2.94. The molecule has 3 aromatic rings. The first-order valence-corrected chi connectivity index (χ1v) is 8.20. The molecule has 1 N–H and O–H groups in total. The number of nitrogens with one attached hydrogen (secondary N) is 1. The zero-order chi connectivity index (χ0) is 17.1. The van der Waals surface area contributed by atoms with Gasteiger partial charge in [0.2, 0.25) is 0 Å². The van der Waals surface area contributed by atoms with Gasteiger partial charge in [0.1, 0.15) is 0 Å². The zero-order valence-corrected chi connectivity index (χ0v) is 15.6. The third kappa shape index (κ3) is 4.02. The third-order valence-electron chi connectivity index (χ3n) is 4.30. The Bertz CT molecular complexity index is 872. The Labute approximate surface area is 154 Å². The highest BCUT2D eigenvalue weighted by atomic mass is 35.5. The fourth-order valence-corrected chi connectivity index (χ4v) is 3.29. The summed E-state index contributed by atoms with van der Waals surface area (Å²) in [4.78, 5) is 19.5. The highest BCUT2D eigenvalue weighted by Gasteiger charge is 2.16. The Kier molecular flexibility index (Phi) is 6.21. The van der Waals surface area contributed by atoms with Gasteiger partial charge in [-0.2, -0.15) is 0 Å². The van der Waals surface area contributed by atoms with Crippen LogP contribution < -0.4 is 0 Å². The number of aryl methyl sites for hydroxylation is 3. The fraction of sp³-hybridized carbons (Fsp3) is 0.300. The second kappa shape index (κ2) is 8.17. The van der Waals surface area contributed by atoms with Crippen molar-refractivity contribution >= 4 is 29.3 Å². The van der Waals surface area contributed by atoms with Crippen LogP contribution >= 0.6 is 12.4 Å². The number of ether oxygens (including phenoxy) is 1. The summed E-state index contributed by atoms with van der Waals surface area (Å²) in [6.45, 7) is 4.24. The van der Waals surface area contributed by atoms with Crippen molar-refractivity contribution in [3.8, 4) is 11.4 Å². The molecule has 0 aliphatic rings. The Morgan fingerprint density at radius 1 is 1.24 bits per heavy atom. The Hall–Kier alpha value is -2.33. The predicted molar refractivity (Wildman–Crippen MR) is 103 cm³/mol. The standard InChI is InChI=1S/C20H22N2O2.ClH/c1-13-11-14(2)19-15(7-6-9-18(23)24-3)20(22-17(19)12-13)16-8-4-5-10-21-16;/h4-5,8,10-12,22H,6-7,9H2,1-3H3;1H. The van der Waals surface area contributed by atoms with E-state index < -0.39 is 0 Å². The maximum absolute atomic E-state index is 11.4. The van der Waals surface area contributed by atoms with Gasteiger partial charge in [0.25, 0.3) is 0 Å². The van der Waals surface area contributed by atoms with E-state index in [0.29, 0.717) is 6.42 Å². The number of rotatable bonds is 5. The topological polar surface area (TPSA) is 55.0 Å². The molecule has 3 rings (SSSR count). The van der Waals surface area contributed by atoms with Crippen LogP contribution in [0.5, 0.6) is 0 Å². The molecule has 0 aliphatic heterocycles. The molecule has 4 nitrogen and oxygen atoms in total. The summed E-state index contributed by atoms with van der Waals surface area (Å²) in [5, 5.41) is 1.24. The molecular formula is C20H23ClN2O2. The van der Waals surface area contributed by atoms with E-state index in [-0.39, 0.29) is 18.4 Å². The van der Waals surface area contributed by atoms with Crippen LogP contribution in [-0.2, 0) is 16.0 Å². The maximum Gasteiger partial charge on any atom is 0.305 e. The van der Waals surface area contributed by atoms with E-state index in [4.69, 9.17) is 4.74 Å². The number of esters is 1. The summed E-state index contributed by atoms with van der Waals surface area (Å²) in [7, 11) is 1.43. The van der Waals surface area contributed by atoms with Gasteiger partial charge in [-0.1, -0.05) is 12.1 Å². The lowest BCUT2D eigenvalue weighted by Gasteiger charge is -2.06. The number of aromatic amines is 1. The smallest absolute Gasteiger partial charge is 0.305 e. The van der Waals surface area contributed by atoms with Gasteiger partial charge in [0, 0.05) is 23.5 Å². The van der Waals surface area contributed by atoms with Crippen LogP contribution in [0.2, 0.25) is 0 Å². The molecule has 1 aromatic carbocycles. The number of carbonyl (C=O) groups excluding carboxylic acids is 1. The number of fused-ring (bicyclic) bond motifs is 1. The maximum atomic E-state index is 11.4. The first-order chi connectivity index (χ1) is 11.6. The van der Waals surface area contributed by atoms with Crippen LogP contribution in [0.3, 0.4) is 0 Å². The molecule has 0 bridgehead atoms. The van der Waals surface area contributed by atoms with Gasteiger partial charge >= 0.3 is 5.97 Å². The minimum absolute atomic E-state index is 0. The number of methoxy groups -OCH3 is 1. The van der Waals surface area contributed by atoms with Crippen molar-refractivity contribution in [1.82, 2.24) is 9.97 Å².